The van der Waals surface area contributed by atoms with Crippen LogP contribution in [0.25, 0.3) is 0 Å². The predicted molar refractivity (Wildman–Crippen MR) is 86.1 cm³/mol. The maximum absolute atomic E-state index is 6.33. The normalized spacial score (nSPS) is 16.2. The first-order chi connectivity index (χ1) is 10.3. The van der Waals surface area contributed by atoms with Gasteiger partial charge in [0.1, 0.15) is 12.4 Å². The highest BCUT2D eigenvalue weighted by Gasteiger charge is 2.21. The molecule has 1 saturated carbocycles. The summed E-state index contributed by atoms with van der Waals surface area (Å²) >= 11 is 0. The van der Waals surface area contributed by atoms with Crippen LogP contribution >= 0.6 is 0 Å². The summed E-state index contributed by atoms with van der Waals surface area (Å²) in [7, 11) is 0. The molecule has 3 rings (SSSR count). The molecule has 2 nitrogen and oxygen atoms in total. The van der Waals surface area contributed by atoms with Crippen molar-refractivity contribution in [3.63, 3.8) is 0 Å². The summed E-state index contributed by atoms with van der Waals surface area (Å²) in [6.45, 7) is 0.599. The van der Waals surface area contributed by atoms with Crippen LogP contribution in [0.5, 0.6) is 5.75 Å². The molecule has 110 valence electrons. The van der Waals surface area contributed by atoms with E-state index in [2.05, 4.69) is 24.3 Å². The van der Waals surface area contributed by atoms with E-state index in [4.69, 9.17) is 10.5 Å². The molecule has 0 radical (unpaired) electrons. The standard InChI is InChI=1S/C19H23NO/c20-19(12-15-8-4-9-15)17-10-5-11-18(13-17)21-14-16-6-2-1-3-7-16/h1-3,5-7,10-11,13,15,19H,4,8-9,12,14,20H2. The van der Waals surface area contributed by atoms with E-state index < -0.39 is 0 Å². The molecule has 0 aliphatic heterocycles. The lowest BCUT2D eigenvalue weighted by atomic mass is 9.80. The third-order valence-electron chi connectivity index (χ3n) is 4.35. The van der Waals surface area contributed by atoms with Gasteiger partial charge in [-0.25, -0.2) is 0 Å². The fourth-order valence-electron chi connectivity index (χ4n) is 2.80. The highest BCUT2D eigenvalue weighted by molar-refractivity contribution is 5.31. The van der Waals surface area contributed by atoms with Crippen molar-refractivity contribution in [2.75, 3.05) is 0 Å². The molecular formula is C19H23NO. The Labute approximate surface area is 126 Å². The summed E-state index contributed by atoms with van der Waals surface area (Å²) in [5.74, 6) is 1.73. The molecule has 1 atom stereocenters. The lowest BCUT2D eigenvalue weighted by Gasteiger charge is -2.28. The van der Waals surface area contributed by atoms with Gasteiger partial charge in [-0.2, -0.15) is 0 Å². The van der Waals surface area contributed by atoms with Crippen LogP contribution in [0.1, 0.15) is 42.9 Å². The Balaban J connectivity index is 1.59. The van der Waals surface area contributed by atoms with E-state index in [1.165, 1.54) is 30.4 Å². The van der Waals surface area contributed by atoms with E-state index in [0.717, 1.165) is 18.1 Å². The molecule has 0 saturated heterocycles. The fourth-order valence-corrected chi connectivity index (χ4v) is 2.80. The molecule has 1 aliphatic carbocycles. The predicted octanol–water partition coefficient (Wildman–Crippen LogP) is 4.46. The summed E-state index contributed by atoms with van der Waals surface area (Å²) in [5.41, 5.74) is 8.70. The lowest BCUT2D eigenvalue weighted by Crippen LogP contribution is -2.20. The van der Waals surface area contributed by atoms with Crippen LogP contribution in [-0.2, 0) is 6.61 Å². The van der Waals surface area contributed by atoms with Crippen molar-refractivity contribution in [3.8, 4) is 5.75 Å². The first kappa shape index (κ1) is 14.2. The van der Waals surface area contributed by atoms with E-state index in [1.807, 2.05) is 30.3 Å². The molecule has 2 heteroatoms. The number of benzene rings is 2. The first-order valence-electron chi connectivity index (χ1n) is 7.83. The molecular weight excluding hydrogens is 258 g/mol. The quantitative estimate of drug-likeness (QED) is 0.848. The summed E-state index contributed by atoms with van der Waals surface area (Å²) in [6.07, 6.45) is 5.16. The van der Waals surface area contributed by atoms with E-state index in [1.54, 1.807) is 0 Å². The van der Waals surface area contributed by atoms with Gasteiger partial charge in [-0.1, -0.05) is 61.7 Å². The molecule has 2 aromatic carbocycles. The minimum atomic E-state index is 0.135. The number of rotatable bonds is 6. The second kappa shape index (κ2) is 6.77. The van der Waals surface area contributed by atoms with Crippen molar-refractivity contribution >= 4 is 0 Å². The minimum Gasteiger partial charge on any atom is -0.489 e. The van der Waals surface area contributed by atoms with Crippen LogP contribution in [0.15, 0.2) is 54.6 Å². The number of nitrogens with two attached hydrogens (primary N) is 1. The molecule has 0 aromatic heterocycles. The Morgan fingerprint density at radius 3 is 2.57 bits per heavy atom. The molecule has 0 heterocycles. The third kappa shape index (κ3) is 3.85. The van der Waals surface area contributed by atoms with Gasteiger partial charge in [0, 0.05) is 6.04 Å². The zero-order valence-corrected chi connectivity index (χ0v) is 12.4. The lowest BCUT2D eigenvalue weighted by molar-refractivity contribution is 0.276. The molecule has 1 fully saturated rings. The summed E-state index contributed by atoms with van der Waals surface area (Å²) in [4.78, 5) is 0. The van der Waals surface area contributed by atoms with Crippen molar-refractivity contribution in [2.45, 2.75) is 38.3 Å². The zero-order chi connectivity index (χ0) is 14.5. The van der Waals surface area contributed by atoms with E-state index in [0.29, 0.717) is 6.61 Å². The second-order valence-electron chi connectivity index (χ2n) is 5.99. The van der Waals surface area contributed by atoms with E-state index >= 15 is 0 Å². The van der Waals surface area contributed by atoms with Crippen LogP contribution in [0.3, 0.4) is 0 Å². The smallest absolute Gasteiger partial charge is 0.120 e. The molecule has 1 aliphatic rings. The molecule has 2 N–H and O–H groups in total. The monoisotopic (exact) mass is 281 g/mol. The average Bonchev–Trinajstić information content (AvgIpc) is 2.50. The van der Waals surface area contributed by atoms with Crippen LogP contribution in [0, 0.1) is 5.92 Å². The summed E-state index contributed by atoms with van der Waals surface area (Å²) in [6, 6.07) is 18.6. The molecule has 21 heavy (non-hydrogen) atoms. The minimum absolute atomic E-state index is 0.135. The Kier molecular flexibility index (Phi) is 4.56. The Bertz CT molecular complexity index is 563. The average molecular weight is 281 g/mol. The van der Waals surface area contributed by atoms with Gasteiger partial charge in [0.2, 0.25) is 0 Å². The van der Waals surface area contributed by atoms with Crippen LogP contribution in [-0.4, -0.2) is 0 Å². The topological polar surface area (TPSA) is 35.2 Å². The van der Waals surface area contributed by atoms with Crippen molar-refractivity contribution in [1.82, 2.24) is 0 Å². The SMILES string of the molecule is NC(CC1CCC1)c1cccc(OCc2ccccc2)c1. The Morgan fingerprint density at radius 2 is 1.86 bits per heavy atom. The largest absolute Gasteiger partial charge is 0.489 e. The second-order valence-corrected chi connectivity index (χ2v) is 5.99. The molecule has 2 aromatic rings. The maximum Gasteiger partial charge on any atom is 0.120 e. The van der Waals surface area contributed by atoms with E-state index in [9.17, 15) is 0 Å². The number of ether oxygens (including phenoxy) is 1. The van der Waals surface area contributed by atoms with Crippen molar-refractivity contribution in [3.05, 3.63) is 65.7 Å². The summed E-state index contributed by atoms with van der Waals surface area (Å²) in [5, 5.41) is 0. The van der Waals surface area contributed by atoms with Gasteiger partial charge in [0.25, 0.3) is 0 Å². The number of hydrogen-bond donors (Lipinski definition) is 1. The van der Waals surface area contributed by atoms with Gasteiger partial charge in [-0.05, 0) is 35.6 Å². The van der Waals surface area contributed by atoms with Crippen LogP contribution in [0.2, 0.25) is 0 Å². The first-order valence-corrected chi connectivity index (χ1v) is 7.83. The molecule has 0 amide bonds. The summed E-state index contributed by atoms with van der Waals surface area (Å²) < 4.78 is 5.87. The van der Waals surface area contributed by atoms with E-state index in [-0.39, 0.29) is 6.04 Å². The van der Waals surface area contributed by atoms with Gasteiger partial charge >= 0.3 is 0 Å². The van der Waals surface area contributed by atoms with Gasteiger partial charge in [-0.15, -0.1) is 0 Å². The van der Waals surface area contributed by atoms with Gasteiger partial charge < -0.3 is 10.5 Å². The highest BCUT2D eigenvalue weighted by atomic mass is 16.5. The van der Waals surface area contributed by atoms with Gasteiger partial charge in [0.05, 0.1) is 0 Å². The zero-order valence-electron chi connectivity index (χ0n) is 12.4. The Hall–Kier alpha value is -1.80. The Morgan fingerprint density at radius 1 is 1.05 bits per heavy atom. The maximum atomic E-state index is 6.33. The fraction of sp³-hybridized carbons (Fsp3) is 0.368. The van der Waals surface area contributed by atoms with Gasteiger partial charge in [-0.3, -0.25) is 0 Å². The van der Waals surface area contributed by atoms with Crippen LogP contribution in [0.4, 0.5) is 0 Å². The number of hydrogen-bond acceptors (Lipinski definition) is 2. The third-order valence-corrected chi connectivity index (χ3v) is 4.35. The van der Waals surface area contributed by atoms with Crippen LogP contribution < -0.4 is 10.5 Å². The molecule has 1 unspecified atom stereocenters. The van der Waals surface area contributed by atoms with Gasteiger partial charge in [0.15, 0.2) is 0 Å². The van der Waals surface area contributed by atoms with Crippen molar-refractivity contribution in [1.29, 1.82) is 0 Å². The highest BCUT2D eigenvalue weighted by Crippen LogP contribution is 2.34. The van der Waals surface area contributed by atoms with Crippen molar-refractivity contribution in [2.24, 2.45) is 11.7 Å². The van der Waals surface area contributed by atoms with Crippen molar-refractivity contribution < 1.29 is 4.74 Å². The molecule has 0 spiro atoms. The molecule has 0 bridgehead atoms.